The highest BCUT2D eigenvalue weighted by atomic mass is 32.1. The molecule has 4 heterocycles. The Labute approximate surface area is 261 Å². The standard InChI is InChI=1S/C34H27FN6O3S/c35-24-10-8-21(9-11-24)14-17-41-19-23(18-36-41)25-12-13-30(38-31(25)33(43)44)40-16-15-22-4-3-5-26(27(22)20-40)32(42)39-34-37-28-6-1-2-7-29(28)45-34/h1-13,18-19H,14-17,20H2,(H,43,44)(H,37,39,42). The van der Waals surface area contributed by atoms with Gasteiger partial charge in [0.1, 0.15) is 11.6 Å². The molecule has 2 N–H and O–H groups in total. The van der Waals surface area contributed by atoms with Crippen molar-refractivity contribution >= 4 is 44.4 Å². The Balaban J connectivity index is 1.10. The smallest absolute Gasteiger partial charge is 0.355 e. The first-order valence-corrected chi connectivity index (χ1v) is 15.3. The summed E-state index contributed by atoms with van der Waals surface area (Å²) in [6.45, 7) is 1.59. The number of thiazole rings is 1. The lowest BCUT2D eigenvalue weighted by Crippen LogP contribution is -2.33. The molecule has 11 heteroatoms. The summed E-state index contributed by atoms with van der Waals surface area (Å²) in [6, 6.07) is 23.3. The molecule has 0 spiro atoms. The second-order valence-corrected chi connectivity index (χ2v) is 11.8. The summed E-state index contributed by atoms with van der Waals surface area (Å²) < 4.78 is 16.0. The van der Waals surface area contributed by atoms with E-state index in [2.05, 4.69) is 20.4 Å². The number of rotatable bonds is 8. The van der Waals surface area contributed by atoms with Crippen LogP contribution in [0.1, 0.15) is 37.5 Å². The summed E-state index contributed by atoms with van der Waals surface area (Å²) in [4.78, 5) is 36.9. The van der Waals surface area contributed by atoms with Gasteiger partial charge in [0.2, 0.25) is 0 Å². The van der Waals surface area contributed by atoms with E-state index in [0.29, 0.717) is 60.1 Å². The third-order valence-corrected chi connectivity index (χ3v) is 8.88. The van der Waals surface area contributed by atoms with Crippen LogP contribution in [0.3, 0.4) is 0 Å². The quantitative estimate of drug-likeness (QED) is 0.202. The summed E-state index contributed by atoms with van der Waals surface area (Å²) in [6.07, 6.45) is 4.76. The van der Waals surface area contributed by atoms with Crippen molar-refractivity contribution in [2.24, 2.45) is 0 Å². The number of nitrogens with one attached hydrogen (secondary N) is 1. The third-order valence-electron chi connectivity index (χ3n) is 7.93. The van der Waals surface area contributed by atoms with E-state index in [0.717, 1.165) is 26.9 Å². The van der Waals surface area contributed by atoms with Crippen LogP contribution in [0.15, 0.2) is 91.3 Å². The summed E-state index contributed by atoms with van der Waals surface area (Å²) in [5, 5.41) is 18.0. The molecular weight excluding hydrogens is 591 g/mol. The highest BCUT2D eigenvalue weighted by Crippen LogP contribution is 2.31. The number of carboxylic acids is 1. The number of anilines is 2. The van der Waals surface area contributed by atoms with Gasteiger partial charge in [0.05, 0.1) is 16.4 Å². The minimum atomic E-state index is -1.14. The minimum absolute atomic E-state index is 0.0711. The first-order valence-electron chi connectivity index (χ1n) is 14.5. The van der Waals surface area contributed by atoms with E-state index in [1.165, 1.54) is 23.5 Å². The number of fused-ring (bicyclic) bond motifs is 2. The van der Waals surface area contributed by atoms with Crippen LogP contribution in [-0.4, -0.2) is 43.3 Å². The normalized spacial score (nSPS) is 12.7. The average molecular weight is 619 g/mol. The number of hydrogen-bond acceptors (Lipinski definition) is 7. The van der Waals surface area contributed by atoms with Crippen molar-refractivity contribution in [3.8, 4) is 11.1 Å². The molecule has 3 aromatic heterocycles. The molecule has 0 bridgehead atoms. The van der Waals surface area contributed by atoms with Gasteiger partial charge in [-0.15, -0.1) is 0 Å². The van der Waals surface area contributed by atoms with Gasteiger partial charge in [-0.2, -0.15) is 5.10 Å². The zero-order valence-electron chi connectivity index (χ0n) is 24.0. The Morgan fingerprint density at radius 1 is 0.978 bits per heavy atom. The van der Waals surface area contributed by atoms with Crippen LogP contribution < -0.4 is 10.2 Å². The van der Waals surface area contributed by atoms with Gasteiger partial charge in [-0.3, -0.25) is 14.8 Å². The lowest BCUT2D eigenvalue weighted by Gasteiger charge is -2.31. The van der Waals surface area contributed by atoms with Gasteiger partial charge in [-0.05, 0) is 72.0 Å². The first-order chi connectivity index (χ1) is 21.9. The van der Waals surface area contributed by atoms with Gasteiger partial charge >= 0.3 is 5.97 Å². The van der Waals surface area contributed by atoms with Crippen LogP contribution in [0.5, 0.6) is 0 Å². The molecule has 9 nitrogen and oxygen atoms in total. The number of aromatic nitrogens is 4. The lowest BCUT2D eigenvalue weighted by molar-refractivity contribution is 0.0691. The van der Waals surface area contributed by atoms with Crippen LogP contribution in [0.25, 0.3) is 21.3 Å². The second kappa shape index (κ2) is 11.9. The fourth-order valence-electron chi connectivity index (χ4n) is 5.62. The van der Waals surface area contributed by atoms with E-state index < -0.39 is 5.97 Å². The van der Waals surface area contributed by atoms with E-state index in [9.17, 15) is 19.1 Å². The molecule has 224 valence electrons. The second-order valence-electron chi connectivity index (χ2n) is 10.8. The molecule has 6 aromatic rings. The predicted molar refractivity (Wildman–Crippen MR) is 171 cm³/mol. The maximum absolute atomic E-state index is 13.4. The maximum atomic E-state index is 13.4. The lowest BCUT2D eigenvalue weighted by atomic mass is 9.94. The van der Waals surface area contributed by atoms with Gasteiger partial charge in [-0.25, -0.2) is 19.2 Å². The Morgan fingerprint density at radius 3 is 2.64 bits per heavy atom. The number of pyridine rings is 1. The Morgan fingerprint density at radius 2 is 1.82 bits per heavy atom. The van der Waals surface area contributed by atoms with Gasteiger partial charge in [0.25, 0.3) is 5.91 Å². The van der Waals surface area contributed by atoms with E-state index in [1.54, 1.807) is 41.3 Å². The third kappa shape index (κ3) is 5.89. The minimum Gasteiger partial charge on any atom is -0.476 e. The number of aryl methyl sites for hydroxylation is 2. The first kappa shape index (κ1) is 28.4. The van der Waals surface area contributed by atoms with Crippen molar-refractivity contribution in [2.45, 2.75) is 25.9 Å². The molecule has 0 unspecified atom stereocenters. The number of carboxylic acid groups (broad SMARTS) is 1. The molecule has 45 heavy (non-hydrogen) atoms. The van der Waals surface area contributed by atoms with Crippen LogP contribution in [-0.2, 0) is 25.9 Å². The van der Waals surface area contributed by atoms with Crippen LogP contribution in [0, 0.1) is 5.82 Å². The van der Waals surface area contributed by atoms with Crippen molar-refractivity contribution in [3.05, 3.63) is 125 Å². The van der Waals surface area contributed by atoms with Gasteiger partial charge in [0.15, 0.2) is 10.8 Å². The van der Waals surface area contributed by atoms with Crippen molar-refractivity contribution in [3.63, 3.8) is 0 Å². The molecule has 0 radical (unpaired) electrons. The number of aromatic carboxylic acids is 1. The molecule has 7 rings (SSSR count). The largest absolute Gasteiger partial charge is 0.476 e. The molecule has 1 aliphatic heterocycles. The highest BCUT2D eigenvalue weighted by molar-refractivity contribution is 7.22. The van der Waals surface area contributed by atoms with Crippen molar-refractivity contribution < 1.29 is 19.1 Å². The van der Waals surface area contributed by atoms with Gasteiger partial charge in [-0.1, -0.05) is 47.7 Å². The average Bonchev–Trinajstić information content (AvgIpc) is 3.70. The van der Waals surface area contributed by atoms with E-state index in [1.807, 2.05) is 47.4 Å². The number of carbonyl (C=O) groups excluding carboxylic acids is 1. The van der Waals surface area contributed by atoms with Crippen LogP contribution in [0.4, 0.5) is 15.3 Å². The monoisotopic (exact) mass is 618 g/mol. The highest BCUT2D eigenvalue weighted by Gasteiger charge is 2.25. The number of amides is 1. The van der Waals surface area contributed by atoms with E-state index >= 15 is 0 Å². The van der Waals surface area contributed by atoms with Gasteiger partial charge < -0.3 is 10.0 Å². The fraction of sp³-hybridized carbons (Fsp3) is 0.147. The molecule has 0 saturated carbocycles. The Kier molecular flexibility index (Phi) is 7.52. The van der Waals surface area contributed by atoms with Gasteiger partial charge in [0, 0.05) is 42.5 Å². The van der Waals surface area contributed by atoms with Crippen LogP contribution in [0.2, 0.25) is 0 Å². The molecule has 0 saturated heterocycles. The van der Waals surface area contributed by atoms with Crippen molar-refractivity contribution in [1.82, 2.24) is 19.7 Å². The van der Waals surface area contributed by atoms with E-state index in [-0.39, 0.29) is 17.4 Å². The molecule has 1 aliphatic rings. The Bertz CT molecular complexity index is 2020. The Hall–Kier alpha value is -5.42. The van der Waals surface area contributed by atoms with E-state index in [4.69, 9.17) is 0 Å². The zero-order valence-corrected chi connectivity index (χ0v) is 24.8. The maximum Gasteiger partial charge on any atom is 0.355 e. The number of nitrogens with zero attached hydrogens (tertiary/aromatic N) is 5. The summed E-state index contributed by atoms with van der Waals surface area (Å²) in [5.41, 5.74) is 5.36. The predicted octanol–water partition coefficient (Wildman–Crippen LogP) is 6.45. The number of carbonyl (C=O) groups is 2. The number of para-hydroxylation sites is 1. The summed E-state index contributed by atoms with van der Waals surface area (Å²) in [7, 11) is 0. The number of hydrogen-bond donors (Lipinski definition) is 2. The zero-order chi connectivity index (χ0) is 30.9. The fourth-order valence-corrected chi connectivity index (χ4v) is 6.48. The van der Waals surface area contributed by atoms with Crippen molar-refractivity contribution in [1.29, 1.82) is 0 Å². The molecule has 3 aromatic carbocycles. The number of benzene rings is 3. The summed E-state index contributed by atoms with van der Waals surface area (Å²) >= 11 is 1.42. The molecule has 1 amide bonds. The molecule has 0 aliphatic carbocycles. The SMILES string of the molecule is O=C(Nc1nc2ccccc2s1)c1cccc2c1CN(c1ccc(-c3cnn(CCc4ccc(F)cc4)c3)c(C(=O)O)n1)CC2. The molecular formula is C34H27FN6O3S. The number of halogens is 1. The molecule has 0 atom stereocenters. The van der Waals surface area contributed by atoms with Crippen molar-refractivity contribution in [2.75, 3.05) is 16.8 Å². The molecule has 0 fully saturated rings. The summed E-state index contributed by atoms with van der Waals surface area (Å²) in [5.74, 6) is -1.14. The topological polar surface area (TPSA) is 113 Å². The van der Waals surface area contributed by atoms with Crippen LogP contribution >= 0.6 is 11.3 Å².